The maximum atomic E-state index is 11.5. The van der Waals surface area contributed by atoms with Crippen LogP contribution < -0.4 is 10.1 Å². The molecule has 0 radical (unpaired) electrons. The van der Waals surface area contributed by atoms with E-state index < -0.39 is 0 Å². The number of methoxy groups -OCH3 is 1. The quantitative estimate of drug-likeness (QED) is 0.732. The number of aryl methyl sites for hydroxylation is 1. The first kappa shape index (κ1) is 15.5. The molecule has 4 nitrogen and oxygen atoms in total. The van der Waals surface area contributed by atoms with Gasteiger partial charge in [-0.15, -0.1) is 0 Å². The van der Waals surface area contributed by atoms with E-state index in [9.17, 15) is 4.79 Å². The minimum atomic E-state index is -0.302. The molecule has 0 aliphatic carbocycles. The predicted octanol–water partition coefficient (Wildman–Crippen LogP) is 2.17. The molecule has 0 amide bonds. The summed E-state index contributed by atoms with van der Waals surface area (Å²) < 4.78 is 10.5. The van der Waals surface area contributed by atoms with Crippen molar-refractivity contribution < 1.29 is 14.3 Å². The largest absolute Gasteiger partial charge is 0.493 e. The molecule has 1 unspecified atom stereocenters. The first-order valence-electron chi connectivity index (χ1n) is 6.74. The summed E-state index contributed by atoms with van der Waals surface area (Å²) in [6.45, 7) is 5.27. The van der Waals surface area contributed by atoms with Gasteiger partial charge in [0, 0.05) is 6.42 Å². The highest BCUT2D eigenvalue weighted by molar-refractivity contribution is 5.75. The Labute approximate surface area is 115 Å². The molecule has 0 aliphatic heterocycles. The van der Waals surface area contributed by atoms with Gasteiger partial charge in [0.05, 0.1) is 13.7 Å². The molecule has 0 heterocycles. The number of carbonyl (C=O) groups is 1. The van der Waals surface area contributed by atoms with Gasteiger partial charge in [-0.25, -0.2) is 0 Å². The van der Waals surface area contributed by atoms with E-state index in [0.717, 1.165) is 18.7 Å². The number of benzene rings is 1. The average Bonchev–Trinajstić information content (AvgIpc) is 2.46. The van der Waals surface area contributed by atoms with E-state index in [-0.39, 0.29) is 12.0 Å². The Hall–Kier alpha value is -1.55. The van der Waals surface area contributed by atoms with E-state index in [2.05, 4.69) is 18.3 Å². The third kappa shape index (κ3) is 4.91. The number of rotatable bonds is 8. The van der Waals surface area contributed by atoms with Gasteiger partial charge < -0.3 is 14.8 Å². The Morgan fingerprint density at radius 1 is 1.32 bits per heavy atom. The van der Waals surface area contributed by atoms with Crippen molar-refractivity contribution in [3.8, 4) is 5.75 Å². The fourth-order valence-corrected chi connectivity index (χ4v) is 1.92. The molecule has 0 saturated heterocycles. The fourth-order valence-electron chi connectivity index (χ4n) is 1.92. The van der Waals surface area contributed by atoms with Crippen LogP contribution in [0.15, 0.2) is 24.3 Å². The van der Waals surface area contributed by atoms with Crippen LogP contribution in [-0.2, 0) is 16.0 Å². The second kappa shape index (κ2) is 8.53. The average molecular weight is 265 g/mol. The number of hydrogen-bond acceptors (Lipinski definition) is 4. The molecular formula is C15H23NO3. The molecule has 1 aromatic rings. The number of ether oxygens (including phenoxy) is 2. The first-order chi connectivity index (χ1) is 9.22. The summed E-state index contributed by atoms with van der Waals surface area (Å²) in [5.74, 6) is 0.652. The summed E-state index contributed by atoms with van der Waals surface area (Å²) in [5, 5.41) is 3.09. The van der Waals surface area contributed by atoms with Gasteiger partial charge in [-0.1, -0.05) is 32.0 Å². The van der Waals surface area contributed by atoms with E-state index in [4.69, 9.17) is 9.47 Å². The smallest absolute Gasteiger partial charge is 0.322 e. The molecule has 0 bridgehead atoms. The SMILES string of the molecule is CCNC(CCOc1ccccc1CC)C(=O)OC. The summed E-state index contributed by atoms with van der Waals surface area (Å²) in [7, 11) is 1.40. The highest BCUT2D eigenvalue weighted by atomic mass is 16.5. The van der Waals surface area contributed by atoms with E-state index >= 15 is 0 Å². The van der Waals surface area contributed by atoms with Crippen LogP contribution in [0.1, 0.15) is 25.8 Å². The number of para-hydroxylation sites is 1. The van der Waals surface area contributed by atoms with Crippen LogP contribution >= 0.6 is 0 Å². The lowest BCUT2D eigenvalue weighted by molar-refractivity contribution is -0.143. The van der Waals surface area contributed by atoms with Crippen LogP contribution in [0.25, 0.3) is 0 Å². The Bertz CT molecular complexity index is 393. The van der Waals surface area contributed by atoms with Crippen molar-refractivity contribution in [3.63, 3.8) is 0 Å². The lowest BCUT2D eigenvalue weighted by atomic mass is 10.1. The number of nitrogens with one attached hydrogen (secondary N) is 1. The second-order valence-corrected chi connectivity index (χ2v) is 4.23. The normalized spacial score (nSPS) is 11.9. The zero-order valence-corrected chi connectivity index (χ0v) is 11.9. The van der Waals surface area contributed by atoms with Crippen molar-refractivity contribution in [1.82, 2.24) is 5.32 Å². The van der Waals surface area contributed by atoms with Gasteiger partial charge in [0.2, 0.25) is 0 Å². The third-order valence-corrected chi connectivity index (χ3v) is 2.95. The van der Waals surface area contributed by atoms with Crippen LogP contribution in [0.5, 0.6) is 5.75 Å². The highest BCUT2D eigenvalue weighted by Crippen LogP contribution is 2.18. The van der Waals surface area contributed by atoms with Crippen molar-refractivity contribution in [2.24, 2.45) is 0 Å². The van der Waals surface area contributed by atoms with Gasteiger partial charge in [-0.05, 0) is 24.6 Å². The summed E-state index contributed by atoms with van der Waals surface area (Å²) in [6.07, 6.45) is 1.53. The molecule has 19 heavy (non-hydrogen) atoms. The van der Waals surface area contributed by atoms with Crippen molar-refractivity contribution in [2.75, 3.05) is 20.3 Å². The maximum absolute atomic E-state index is 11.5. The van der Waals surface area contributed by atoms with Crippen LogP contribution in [0.4, 0.5) is 0 Å². The van der Waals surface area contributed by atoms with Crippen LogP contribution in [0.2, 0.25) is 0 Å². The van der Waals surface area contributed by atoms with E-state index in [1.54, 1.807) is 0 Å². The molecule has 1 rings (SSSR count). The zero-order chi connectivity index (χ0) is 14.1. The number of likely N-dealkylation sites (N-methyl/N-ethyl adjacent to an activating group) is 1. The molecule has 1 atom stereocenters. The second-order valence-electron chi connectivity index (χ2n) is 4.23. The Morgan fingerprint density at radius 3 is 2.68 bits per heavy atom. The highest BCUT2D eigenvalue weighted by Gasteiger charge is 2.17. The summed E-state index contributed by atoms with van der Waals surface area (Å²) in [5.41, 5.74) is 1.18. The monoisotopic (exact) mass is 265 g/mol. The molecule has 106 valence electrons. The Morgan fingerprint density at radius 2 is 2.05 bits per heavy atom. The molecule has 1 aromatic carbocycles. The standard InChI is InChI=1S/C15H23NO3/c1-4-12-8-6-7-9-14(12)19-11-10-13(16-5-2)15(17)18-3/h6-9,13,16H,4-5,10-11H2,1-3H3. The van der Waals surface area contributed by atoms with Gasteiger partial charge in [0.15, 0.2) is 0 Å². The molecule has 1 N–H and O–H groups in total. The lowest BCUT2D eigenvalue weighted by Gasteiger charge is -2.16. The molecule has 0 fully saturated rings. The van der Waals surface area contributed by atoms with Gasteiger partial charge in [-0.2, -0.15) is 0 Å². The third-order valence-electron chi connectivity index (χ3n) is 2.95. The fraction of sp³-hybridized carbons (Fsp3) is 0.533. The van der Waals surface area contributed by atoms with Crippen molar-refractivity contribution >= 4 is 5.97 Å². The zero-order valence-electron chi connectivity index (χ0n) is 11.9. The number of hydrogen-bond donors (Lipinski definition) is 1. The summed E-state index contributed by atoms with van der Waals surface area (Å²) in [4.78, 5) is 11.5. The molecule has 0 saturated carbocycles. The van der Waals surface area contributed by atoms with Crippen LogP contribution in [0.3, 0.4) is 0 Å². The topological polar surface area (TPSA) is 47.6 Å². The minimum Gasteiger partial charge on any atom is -0.493 e. The molecular weight excluding hydrogens is 242 g/mol. The molecule has 4 heteroatoms. The molecule has 0 spiro atoms. The van der Waals surface area contributed by atoms with Crippen LogP contribution in [0, 0.1) is 0 Å². The van der Waals surface area contributed by atoms with E-state index in [1.165, 1.54) is 12.7 Å². The maximum Gasteiger partial charge on any atom is 0.322 e. The van der Waals surface area contributed by atoms with Crippen molar-refractivity contribution in [1.29, 1.82) is 0 Å². The molecule has 0 aromatic heterocycles. The first-order valence-corrected chi connectivity index (χ1v) is 6.74. The van der Waals surface area contributed by atoms with Gasteiger partial charge >= 0.3 is 5.97 Å². The van der Waals surface area contributed by atoms with Gasteiger partial charge in [0.25, 0.3) is 0 Å². The van der Waals surface area contributed by atoms with Gasteiger partial charge in [0.1, 0.15) is 11.8 Å². The lowest BCUT2D eigenvalue weighted by Crippen LogP contribution is -2.38. The van der Waals surface area contributed by atoms with Gasteiger partial charge in [-0.3, -0.25) is 4.79 Å². The van der Waals surface area contributed by atoms with Crippen LogP contribution in [-0.4, -0.2) is 32.3 Å². The summed E-state index contributed by atoms with van der Waals surface area (Å²) >= 11 is 0. The van der Waals surface area contributed by atoms with E-state index in [0.29, 0.717) is 13.0 Å². The van der Waals surface area contributed by atoms with Crippen molar-refractivity contribution in [3.05, 3.63) is 29.8 Å². The Balaban J connectivity index is 2.49. The van der Waals surface area contributed by atoms with Crippen molar-refractivity contribution in [2.45, 2.75) is 32.7 Å². The predicted molar refractivity (Wildman–Crippen MR) is 75.4 cm³/mol. The minimum absolute atomic E-state index is 0.241. The number of esters is 1. The number of carbonyl (C=O) groups excluding carboxylic acids is 1. The molecule has 0 aliphatic rings. The van der Waals surface area contributed by atoms with E-state index in [1.807, 2.05) is 25.1 Å². The summed E-state index contributed by atoms with van der Waals surface area (Å²) in [6, 6.07) is 7.67. The Kier molecular flexibility index (Phi) is 6.97.